The van der Waals surface area contributed by atoms with Crippen molar-refractivity contribution in [1.82, 2.24) is 4.90 Å². The van der Waals surface area contributed by atoms with E-state index in [0.29, 0.717) is 18.2 Å². The molecule has 1 fully saturated rings. The summed E-state index contributed by atoms with van der Waals surface area (Å²) in [6.07, 6.45) is -3.24. The summed E-state index contributed by atoms with van der Waals surface area (Å²) in [7, 11) is 1.95. The van der Waals surface area contributed by atoms with Gasteiger partial charge in [-0.1, -0.05) is 12.1 Å². The quantitative estimate of drug-likeness (QED) is 0.926. The van der Waals surface area contributed by atoms with Crippen LogP contribution in [0.2, 0.25) is 0 Å². The molecule has 1 aliphatic rings. The second kappa shape index (κ2) is 6.37. The van der Waals surface area contributed by atoms with Crippen molar-refractivity contribution in [1.29, 1.82) is 0 Å². The highest BCUT2D eigenvalue weighted by Gasteiger charge is 2.32. The Hall–Kier alpha value is -0.720. The van der Waals surface area contributed by atoms with Crippen molar-refractivity contribution in [2.45, 2.75) is 24.7 Å². The van der Waals surface area contributed by atoms with Gasteiger partial charge >= 0.3 is 6.18 Å². The molecule has 0 aliphatic carbocycles. The van der Waals surface area contributed by atoms with Crippen molar-refractivity contribution in [3.63, 3.8) is 0 Å². The van der Waals surface area contributed by atoms with Gasteiger partial charge in [-0.2, -0.15) is 24.9 Å². The molecule has 1 heterocycles. The monoisotopic (exact) mass is 304 g/mol. The van der Waals surface area contributed by atoms with Gasteiger partial charge in [-0.15, -0.1) is 0 Å². The number of nitrogens with two attached hydrogens (primary N) is 1. The molecule has 0 amide bonds. The van der Waals surface area contributed by atoms with Crippen molar-refractivity contribution in [2.24, 2.45) is 5.73 Å². The molecule has 0 spiro atoms. The van der Waals surface area contributed by atoms with E-state index in [1.54, 1.807) is 6.07 Å². The van der Waals surface area contributed by atoms with Gasteiger partial charge in [-0.25, -0.2) is 0 Å². The summed E-state index contributed by atoms with van der Waals surface area (Å²) in [5.41, 5.74) is 5.83. The van der Waals surface area contributed by atoms with Gasteiger partial charge in [0.1, 0.15) is 0 Å². The molecule has 1 aromatic rings. The van der Waals surface area contributed by atoms with Crippen LogP contribution >= 0.6 is 11.8 Å². The molecule has 0 saturated carbocycles. The van der Waals surface area contributed by atoms with Gasteiger partial charge in [-0.05, 0) is 36.9 Å². The molecule has 6 heteroatoms. The molecule has 2 atom stereocenters. The van der Waals surface area contributed by atoms with Crippen LogP contribution < -0.4 is 5.73 Å². The minimum absolute atomic E-state index is 0.166. The van der Waals surface area contributed by atoms with Crippen LogP contribution in [0.15, 0.2) is 24.3 Å². The number of likely N-dealkylation sites (N-methyl/N-ethyl adjacent to an activating group) is 1. The minimum Gasteiger partial charge on any atom is -0.329 e. The molecule has 0 aromatic heterocycles. The molecule has 1 aliphatic heterocycles. The zero-order valence-corrected chi connectivity index (χ0v) is 12.2. The fraction of sp³-hybridized carbons (Fsp3) is 0.571. The summed E-state index contributed by atoms with van der Waals surface area (Å²) >= 11 is 1.88. The van der Waals surface area contributed by atoms with Crippen molar-refractivity contribution in [3.05, 3.63) is 35.4 Å². The second-order valence-corrected chi connectivity index (χ2v) is 6.21. The van der Waals surface area contributed by atoms with Gasteiger partial charge < -0.3 is 5.73 Å². The Labute approximate surface area is 121 Å². The van der Waals surface area contributed by atoms with Crippen molar-refractivity contribution in [3.8, 4) is 0 Å². The van der Waals surface area contributed by atoms with Crippen LogP contribution in [0.3, 0.4) is 0 Å². The Bertz CT molecular complexity index is 444. The molecule has 2 nitrogen and oxygen atoms in total. The van der Waals surface area contributed by atoms with Crippen LogP contribution in [0, 0.1) is 0 Å². The fourth-order valence-electron chi connectivity index (χ4n) is 2.56. The highest BCUT2D eigenvalue weighted by Crippen LogP contribution is 2.33. The van der Waals surface area contributed by atoms with Crippen LogP contribution in [0.25, 0.3) is 0 Å². The number of rotatable bonds is 4. The minimum atomic E-state index is -4.31. The number of halogens is 3. The molecule has 1 saturated heterocycles. The van der Waals surface area contributed by atoms with Crippen LogP contribution in [-0.2, 0) is 6.18 Å². The summed E-state index contributed by atoms with van der Waals surface area (Å²) in [6, 6.07) is 5.73. The van der Waals surface area contributed by atoms with Crippen molar-refractivity contribution >= 4 is 11.8 Å². The Balaban J connectivity index is 2.22. The number of benzene rings is 1. The van der Waals surface area contributed by atoms with Crippen LogP contribution in [0.5, 0.6) is 0 Å². The molecular weight excluding hydrogens is 285 g/mol. The predicted octanol–water partition coefficient (Wildman–Crippen LogP) is 3.14. The first-order valence-electron chi connectivity index (χ1n) is 6.60. The van der Waals surface area contributed by atoms with E-state index >= 15 is 0 Å². The summed E-state index contributed by atoms with van der Waals surface area (Å²) in [4.78, 5) is 2.12. The molecule has 0 bridgehead atoms. The summed E-state index contributed by atoms with van der Waals surface area (Å²) in [5.74, 6) is 2.13. The van der Waals surface area contributed by atoms with E-state index in [1.165, 1.54) is 12.1 Å². The number of nitrogens with zero attached hydrogens (tertiary/aromatic N) is 1. The number of hydrogen-bond acceptors (Lipinski definition) is 3. The van der Waals surface area contributed by atoms with E-state index in [-0.39, 0.29) is 6.04 Å². The maximum absolute atomic E-state index is 12.8. The maximum Gasteiger partial charge on any atom is 0.416 e. The van der Waals surface area contributed by atoms with E-state index in [4.69, 9.17) is 5.73 Å². The SMILES string of the molecule is CN(C1CCSC1)C(CN)c1cccc(C(F)(F)F)c1. The first-order chi connectivity index (χ1) is 9.43. The second-order valence-electron chi connectivity index (χ2n) is 5.06. The van der Waals surface area contributed by atoms with Crippen molar-refractivity contribution in [2.75, 3.05) is 25.1 Å². The Kier molecular flexibility index (Phi) is 4.99. The molecule has 20 heavy (non-hydrogen) atoms. The Morgan fingerprint density at radius 3 is 2.75 bits per heavy atom. The third-order valence-electron chi connectivity index (χ3n) is 3.80. The standard InChI is InChI=1S/C14H19F3N2S/c1-19(12-5-6-20-9-12)13(8-18)10-3-2-4-11(7-10)14(15,16)17/h2-4,7,12-13H,5-6,8-9,18H2,1H3. The molecule has 0 radical (unpaired) electrons. The number of hydrogen-bond donors (Lipinski definition) is 1. The van der Waals surface area contributed by atoms with Crippen LogP contribution in [-0.4, -0.2) is 36.0 Å². The molecule has 2 N–H and O–H groups in total. The first kappa shape index (κ1) is 15.7. The molecule has 1 aromatic carbocycles. The van der Waals surface area contributed by atoms with Gasteiger partial charge in [0.05, 0.1) is 5.56 Å². The van der Waals surface area contributed by atoms with E-state index in [0.717, 1.165) is 24.0 Å². The van der Waals surface area contributed by atoms with E-state index < -0.39 is 11.7 Å². The van der Waals surface area contributed by atoms with Crippen molar-refractivity contribution < 1.29 is 13.2 Å². The lowest BCUT2D eigenvalue weighted by Crippen LogP contribution is -2.38. The van der Waals surface area contributed by atoms with Gasteiger partial charge in [0.2, 0.25) is 0 Å². The Morgan fingerprint density at radius 1 is 1.45 bits per heavy atom. The topological polar surface area (TPSA) is 29.3 Å². The third kappa shape index (κ3) is 3.48. The lowest BCUT2D eigenvalue weighted by atomic mass is 10.0. The fourth-order valence-corrected chi connectivity index (χ4v) is 3.84. The summed E-state index contributed by atoms with van der Waals surface area (Å²) in [6.45, 7) is 0.318. The summed E-state index contributed by atoms with van der Waals surface area (Å²) < 4.78 is 38.4. The van der Waals surface area contributed by atoms with Gasteiger partial charge in [0.25, 0.3) is 0 Å². The Morgan fingerprint density at radius 2 is 2.20 bits per heavy atom. The van der Waals surface area contributed by atoms with Gasteiger partial charge in [0.15, 0.2) is 0 Å². The van der Waals surface area contributed by atoms with Crippen LogP contribution in [0.4, 0.5) is 13.2 Å². The number of alkyl halides is 3. The summed E-state index contributed by atoms with van der Waals surface area (Å²) in [5, 5.41) is 0. The van der Waals surface area contributed by atoms with Crippen LogP contribution in [0.1, 0.15) is 23.6 Å². The van der Waals surface area contributed by atoms with E-state index in [9.17, 15) is 13.2 Å². The zero-order chi connectivity index (χ0) is 14.8. The lowest BCUT2D eigenvalue weighted by Gasteiger charge is -2.32. The molecule has 2 rings (SSSR count). The smallest absolute Gasteiger partial charge is 0.329 e. The highest BCUT2D eigenvalue weighted by molar-refractivity contribution is 7.99. The average molecular weight is 304 g/mol. The van der Waals surface area contributed by atoms with E-state index in [2.05, 4.69) is 4.90 Å². The molecule has 112 valence electrons. The largest absolute Gasteiger partial charge is 0.416 e. The lowest BCUT2D eigenvalue weighted by molar-refractivity contribution is -0.137. The molecule has 2 unspecified atom stereocenters. The maximum atomic E-state index is 12.8. The third-order valence-corrected chi connectivity index (χ3v) is 4.94. The van der Waals surface area contributed by atoms with Gasteiger partial charge in [0, 0.05) is 24.4 Å². The van der Waals surface area contributed by atoms with Gasteiger partial charge in [-0.3, -0.25) is 4.90 Å². The predicted molar refractivity (Wildman–Crippen MR) is 76.7 cm³/mol. The molecular formula is C14H19F3N2S. The average Bonchev–Trinajstić information content (AvgIpc) is 2.93. The zero-order valence-electron chi connectivity index (χ0n) is 11.4. The first-order valence-corrected chi connectivity index (χ1v) is 7.76. The normalized spacial score (nSPS) is 21.4. The number of thioether (sulfide) groups is 1. The highest BCUT2D eigenvalue weighted by atomic mass is 32.2. The van der Waals surface area contributed by atoms with E-state index in [1.807, 2.05) is 18.8 Å².